The molecule has 0 radical (unpaired) electrons. The highest BCUT2D eigenvalue weighted by Crippen LogP contribution is 2.43. The molecule has 4 N–H and O–H groups in total. The molecule has 76 valence electrons. The van der Waals surface area contributed by atoms with E-state index in [1.54, 1.807) is 0 Å². The summed E-state index contributed by atoms with van der Waals surface area (Å²) in [5.74, 6) is -0.196. The maximum absolute atomic E-state index is 11.4. The topological polar surface area (TPSA) is 96.7 Å². The summed E-state index contributed by atoms with van der Waals surface area (Å²) >= 11 is 0. The molecular weight excluding hydrogens is 182 g/mol. The number of hydrogen-bond acceptors (Lipinski definition) is 4. The van der Waals surface area contributed by atoms with Crippen molar-refractivity contribution in [2.75, 3.05) is 13.1 Å². The summed E-state index contributed by atoms with van der Waals surface area (Å²) in [6.45, 7) is 1.27. The molecule has 1 amide bonds. The Morgan fingerprint density at radius 1 is 1.71 bits per heavy atom. The van der Waals surface area contributed by atoms with Crippen LogP contribution >= 0.6 is 0 Å². The molecule has 1 aliphatic rings. The van der Waals surface area contributed by atoms with Crippen LogP contribution in [0.25, 0.3) is 0 Å². The summed E-state index contributed by atoms with van der Waals surface area (Å²) in [6.07, 6.45) is 3.60. The van der Waals surface area contributed by atoms with Crippen molar-refractivity contribution >= 4 is 5.91 Å². The van der Waals surface area contributed by atoms with E-state index in [0.29, 0.717) is 18.8 Å². The molecule has 1 aromatic heterocycles. The summed E-state index contributed by atoms with van der Waals surface area (Å²) in [6, 6.07) is 0. The number of carbonyl (C=O) groups is 1. The molecule has 2 rings (SSSR count). The normalized spacial score (nSPS) is 17.8. The molecule has 0 unspecified atom stereocenters. The SMILES string of the molecule is NCC1(CNC(=O)c2cn[nH]n2)CC1. The molecule has 1 aromatic rings. The maximum Gasteiger partial charge on any atom is 0.273 e. The van der Waals surface area contributed by atoms with Gasteiger partial charge < -0.3 is 11.1 Å². The van der Waals surface area contributed by atoms with Gasteiger partial charge in [0.1, 0.15) is 0 Å². The second-order valence-corrected chi connectivity index (χ2v) is 3.74. The minimum absolute atomic E-state index is 0.152. The van der Waals surface area contributed by atoms with E-state index >= 15 is 0 Å². The van der Waals surface area contributed by atoms with E-state index in [0.717, 1.165) is 12.8 Å². The summed E-state index contributed by atoms with van der Waals surface area (Å²) in [5.41, 5.74) is 6.06. The van der Waals surface area contributed by atoms with E-state index in [-0.39, 0.29) is 11.3 Å². The molecule has 1 fully saturated rings. The molecule has 0 bridgehead atoms. The average molecular weight is 195 g/mol. The second kappa shape index (κ2) is 3.38. The Morgan fingerprint density at radius 2 is 2.50 bits per heavy atom. The zero-order chi connectivity index (χ0) is 10.0. The monoisotopic (exact) mass is 195 g/mol. The largest absolute Gasteiger partial charge is 0.350 e. The van der Waals surface area contributed by atoms with Gasteiger partial charge in [-0.2, -0.15) is 15.4 Å². The maximum atomic E-state index is 11.4. The third kappa shape index (κ3) is 1.74. The predicted molar refractivity (Wildman–Crippen MR) is 49.4 cm³/mol. The van der Waals surface area contributed by atoms with Crippen LogP contribution in [0.3, 0.4) is 0 Å². The fourth-order valence-corrected chi connectivity index (χ4v) is 1.30. The molecule has 6 heteroatoms. The first-order valence-corrected chi connectivity index (χ1v) is 4.60. The number of aromatic nitrogens is 3. The van der Waals surface area contributed by atoms with Crippen molar-refractivity contribution in [3.05, 3.63) is 11.9 Å². The first-order valence-electron chi connectivity index (χ1n) is 4.60. The van der Waals surface area contributed by atoms with Crippen molar-refractivity contribution in [3.8, 4) is 0 Å². The van der Waals surface area contributed by atoms with Crippen LogP contribution in [0.5, 0.6) is 0 Å². The molecule has 0 atom stereocenters. The van der Waals surface area contributed by atoms with Gasteiger partial charge in [-0.25, -0.2) is 0 Å². The number of carbonyl (C=O) groups excluding carboxylic acids is 1. The average Bonchev–Trinajstić information content (AvgIpc) is 2.78. The van der Waals surface area contributed by atoms with Crippen LogP contribution in [0.2, 0.25) is 0 Å². The van der Waals surface area contributed by atoms with Gasteiger partial charge in [0.05, 0.1) is 6.20 Å². The van der Waals surface area contributed by atoms with Gasteiger partial charge in [0, 0.05) is 12.0 Å². The van der Waals surface area contributed by atoms with Gasteiger partial charge in [0.2, 0.25) is 0 Å². The van der Waals surface area contributed by atoms with Gasteiger partial charge in [-0.05, 0) is 19.4 Å². The van der Waals surface area contributed by atoms with Gasteiger partial charge in [-0.1, -0.05) is 0 Å². The fourth-order valence-electron chi connectivity index (χ4n) is 1.30. The number of amides is 1. The van der Waals surface area contributed by atoms with E-state index in [1.807, 2.05) is 0 Å². The summed E-state index contributed by atoms with van der Waals surface area (Å²) in [7, 11) is 0. The quantitative estimate of drug-likeness (QED) is 0.590. The van der Waals surface area contributed by atoms with Gasteiger partial charge in [0.25, 0.3) is 5.91 Å². The molecule has 0 aliphatic heterocycles. The number of H-pyrrole nitrogens is 1. The Kier molecular flexibility index (Phi) is 2.20. The molecule has 1 saturated carbocycles. The number of hydrogen-bond donors (Lipinski definition) is 3. The Labute approximate surface area is 81.3 Å². The Balaban J connectivity index is 1.84. The lowest BCUT2D eigenvalue weighted by molar-refractivity contribution is 0.0940. The predicted octanol–water partition coefficient (Wildman–Crippen LogP) is -0.727. The molecule has 1 aliphatic carbocycles. The number of nitrogens with one attached hydrogen (secondary N) is 2. The van der Waals surface area contributed by atoms with Crippen LogP contribution in [0.1, 0.15) is 23.3 Å². The van der Waals surface area contributed by atoms with Crippen molar-refractivity contribution < 1.29 is 4.79 Å². The van der Waals surface area contributed by atoms with Crippen molar-refractivity contribution in [2.45, 2.75) is 12.8 Å². The standard InChI is InChI=1S/C8H13N5O/c9-4-8(1-2-8)5-10-7(14)6-3-11-13-12-6/h3H,1-2,4-5,9H2,(H,10,14)(H,11,12,13). The molecule has 14 heavy (non-hydrogen) atoms. The molecule has 0 spiro atoms. The number of nitrogens with two attached hydrogens (primary N) is 1. The zero-order valence-electron chi connectivity index (χ0n) is 7.79. The van der Waals surface area contributed by atoms with Crippen LogP contribution in [0, 0.1) is 5.41 Å². The van der Waals surface area contributed by atoms with Crippen molar-refractivity contribution in [3.63, 3.8) is 0 Å². The van der Waals surface area contributed by atoms with E-state index in [4.69, 9.17) is 5.73 Å². The van der Waals surface area contributed by atoms with Crippen LogP contribution < -0.4 is 11.1 Å². The van der Waals surface area contributed by atoms with E-state index in [1.165, 1.54) is 6.20 Å². The van der Waals surface area contributed by atoms with Crippen molar-refractivity contribution in [1.29, 1.82) is 0 Å². The number of aromatic amines is 1. The molecular formula is C8H13N5O. The van der Waals surface area contributed by atoms with Crippen LogP contribution in [-0.2, 0) is 0 Å². The Bertz CT molecular complexity index is 316. The minimum atomic E-state index is -0.196. The van der Waals surface area contributed by atoms with Gasteiger partial charge in [0.15, 0.2) is 5.69 Å². The van der Waals surface area contributed by atoms with Crippen LogP contribution in [-0.4, -0.2) is 34.4 Å². The highest BCUT2D eigenvalue weighted by Gasteiger charge is 2.41. The number of rotatable bonds is 4. The van der Waals surface area contributed by atoms with E-state index < -0.39 is 0 Å². The first kappa shape index (κ1) is 9.14. The lowest BCUT2D eigenvalue weighted by Gasteiger charge is -2.11. The zero-order valence-corrected chi connectivity index (χ0v) is 7.79. The third-order valence-corrected chi connectivity index (χ3v) is 2.66. The van der Waals surface area contributed by atoms with Crippen molar-refractivity contribution in [1.82, 2.24) is 20.7 Å². The van der Waals surface area contributed by atoms with E-state index in [9.17, 15) is 4.79 Å². The summed E-state index contributed by atoms with van der Waals surface area (Å²) in [5, 5.41) is 12.4. The molecule has 6 nitrogen and oxygen atoms in total. The summed E-state index contributed by atoms with van der Waals surface area (Å²) in [4.78, 5) is 11.4. The van der Waals surface area contributed by atoms with Crippen LogP contribution in [0.15, 0.2) is 6.20 Å². The van der Waals surface area contributed by atoms with Gasteiger partial charge in [-0.3, -0.25) is 4.79 Å². The molecule has 1 heterocycles. The van der Waals surface area contributed by atoms with Gasteiger partial charge in [-0.15, -0.1) is 0 Å². The van der Waals surface area contributed by atoms with Crippen molar-refractivity contribution in [2.24, 2.45) is 11.1 Å². The lowest BCUT2D eigenvalue weighted by Crippen LogP contribution is -2.34. The minimum Gasteiger partial charge on any atom is -0.350 e. The highest BCUT2D eigenvalue weighted by atomic mass is 16.2. The third-order valence-electron chi connectivity index (χ3n) is 2.66. The smallest absolute Gasteiger partial charge is 0.273 e. The molecule has 0 aromatic carbocycles. The summed E-state index contributed by atoms with van der Waals surface area (Å²) < 4.78 is 0. The Morgan fingerprint density at radius 3 is 3.00 bits per heavy atom. The highest BCUT2D eigenvalue weighted by molar-refractivity contribution is 5.91. The molecule has 0 saturated heterocycles. The van der Waals surface area contributed by atoms with Crippen LogP contribution in [0.4, 0.5) is 0 Å². The Hall–Kier alpha value is -1.43. The van der Waals surface area contributed by atoms with Gasteiger partial charge >= 0.3 is 0 Å². The first-order chi connectivity index (χ1) is 6.76. The second-order valence-electron chi connectivity index (χ2n) is 3.74. The lowest BCUT2D eigenvalue weighted by atomic mass is 10.1. The number of nitrogens with zero attached hydrogens (tertiary/aromatic N) is 2. The fraction of sp³-hybridized carbons (Fsp3) is 0.625. The van der Waals surface area contributed by atoms with E-state index in [2.05, 4.69) is 20.7 Å².